The van der Waals surface area contributed by atoms with Crippen molar-refractivity contribution in [1.29, 1.82) is 0 Å². The van der Waals surface area contributed by atoms with Crippen molar-refractivity contribution in [2.75, 3.05) is 26.2 Å². The summed E-state index contributed by atoms with van der Waals surface area (Å²) >= 11 is 1.78. The Balaban J connectivity index is 1.25. The zero-order valence-corrected chi connectivity index (χ0v) is 16.7. The largest absolute Gasteiger partial charge is 0.349 e. The molecule has 0 spiro atoms. The van der Waals surface area contributed by atoms with Gasteiger partial charge in [0.25, 0.3) is 5.91 Å². The molecule has 2 fully saturated rings. The number of piperazine rings is 1. The highest BCUT2D eigenvalue weighted by Crippen LogP contribution is 2.19. The Morgan fingerprint density at radius 3 is 2.46 bits per heavy atom. The lowest BCUT2D eigenvalue weighted by atomic mass is 10.1. The predicted octanol–water partition coefficient (Wildman–Crippen LogP) is 3.00. The molecule has 1 aromatic carbocycles. The molecule has 28 heavy (non-hydrogen) atoms. The van der Waals surface area contributed by atoms with Crippen LogP contribution in [0.5, 0.6) is 0 Å². The number of carbonyl (C=O) groups is 2. The predicted molar refractivity (Wildman–Crippen MR) is 112 cm³/mol. The van der Waals surface area contributed by atoms with Crippen molar-refractivity contribution in [2.45, 2.75) is 25.4 Å². The number of rotatable bonds is 6. The quantitative estimate of drug-likeness (QED) is 0.765. The SMILES string of the molecule is O=C(NC1CC1)c1ccc(/C=C/C(=O)N2CCN(Cc3cccs3)CC2)cc1. The van der Waals surface area contributed by atoms with Crippen LogP contribution in [-0.4, -0.2) is 53.8 Å². The standard InChI is InChI=1S/C22H25N3O2S/c26-21(25-13-11-24(12-14-25)16-20-2-1-15-28-20)10-5-17-3-6-18(7-4-17)22(27)23-19-8-9-19/h1-7,10,15,19H,8-9,11-14,16H2,(H,23,27)/b10-5+. The van der Waals surface area contributed by atoms with E-state index in [4.69, 9.17) is 0 Å². The lowest BCUT2D eigenvalue weighted by Crippen LogP contribution is -2.47. The van der Waals surface area contributed by atoms with Crippen molar-refractivity contribution in [3.05, 3.63) is 63.9 Å². The first-order valence-electron chi connectivity index (χ1n) is 9.80. The summed E-state index contributed by atoms with van der Waals surface area (Å²) in [6.07, 6.45) is 5.62. The number of carbonyl (C=O) groups excluding carboxylic acids is 2. The van der Waals surface area contributed by atoms with Gasteiger partial charge in [-0.25, -0.2) is 0 Å². The van der Waals surface area contributed by atoms with Crippen molar-refractivity contribution in [1.82, 2.24) is 15.1 Å². The number of benzene rings is 1. The fraction of sp³-hybridized carbons (Fsp3) is 0.364. The Morgan fingerprint density at radius 2 is 1.82 bits per heavy atom. The van der Waals surface area contributed by atoms with Crippen molar-refractivity contribution >= 4 is 29.2 Å². The van der Waals surface area contributed by atoms with E-state index in [9.17, 15) is 9.59 Å². The van der Waals surface area contributed by atoms with Crippen molar-refractivity contribution in [2.24, 2.45) is 0 Å². The van der Waals surface area contributed by atoms with Gasteiger partial charge < -0.3 is 10.2 Å². The van der Waals surface area contributed by atoms with E-state index in [1.54, 1.807) is 17.4 Å². The van der Waals surface area contributed by atoms with Gasteiger partial charge in [0.15, 0.2) is 0 Å². The highest BCUT2D eigenvalue weighted by molar-refractivity contribution is 7.09. The average molecular weight is 396 g/mol. The summed E-state index contributed by atoms with van der Waals surface area (Å²) < 4.78 is 0. The van der Waals surface area contributed by atoms with Gasteiger partial charge in [-0.05, 0) is 48.1 Å². The van der Waals surface area contributed by atoms with Crippen molar-refractivity contribution in [3.63, 3.8) is 0 Å². The summed E-state index contributed by atoms with van der Waals surface area (Å²) in [7, 11) is 0. The summed E-state index contributed by atoms with van der Waals surface area (Å²) in [5, 5.41) is 5.08. The van der Waals surface area contributed by atoms with Crippen LogP contribution in [0.25, 0.3) is 6.08 Å². The fourth-order valence-electron chi connectivity index (χ4n) is 3.26. The Kier molecular flexibility index (Phi) is 5.88. The smallest absolute Gasteiger partial charge is 0.251 e. The van der Waals surface area contributed by atoms with Gasteiger partial charge in [-0.1, -0.05) is 18.2 Å². The highest BCUT2D eigenvalue weighted by atomic mass is 32.1. The second-order valence-electron chi connectivity index (χ2n) is 7.38. The molecule has 0 radical (unpaired) electrons. The van der Waals surface area contributed by atoms with Crippen LogP contribution in [0.2, 0.25) is 0 Å². The first kappa shape index (κ1) is 18.9. The Bertz CT molecular complexity index is 833. The van der Waals surface area contributed by atoms with Gasteiger partial charge in [-0.15, -0.1) is 11.3 Å². The van der Waals surface area contributed by atoms with Crippen molar-refractivity contribution < 1.29 is 9.59 Å². The van der Waals surface area contributed by atoms with E-state index >= 15 is 0 Å². The summed E-state index contributed by atoms with van der Waals surface area (Å²) in [5.74, 6) is 0.0286. The second-order valence-corrected chi connectivity index (χ2v) is 8.42. The van der Waals surface area contributed by atoms with Crippen molar-refractivity contribution in [3.8, 4) is 0 Å². The molecule has 0 bridgehead atoms. The summed E-state index contributed by atoms with van der Waals surface area (Å²) in [4.78, 5) is 30.1. The van der Waals surface area contributed by atoms with Crippen LogP contribution in [0.1, 0.15) is 33.6 Å². The van der Waals surface area contributed by atoms with Crippen LogP contribution in [0.15, 0.2) is 47.9 Å². The van der Waals surface area contributed by atoms with Crippen LogP contribution in [0.3, 0.4) is 0 Å². The zero-order chi connectivity index (χ0) is 19.3. The van der Waals surface area contributed by atoms with Crippen LogP contribution in [-0.2, 0) is 11.3 Å². The normalized spacial score (nSPS) is 17.8. The topological polar surface area (TPSA) is 52.7 Å². The number of hydrogen-bond acceptors (Lipinski definition) is 4. The molecule has 6 heteroatoms. The Morgan fingerprint density at radius 1 is 1.07 bits per heavy atom. The van der Waals surface area contributed by atoms with E-state index in [1.807, 2.05) is 35.2 Å². The summed E-state index contributed by atoms with van der Waals surface area (Å²) in [6.45, 7) is 4.30. The number of nitrogens with zero attached hydrogens (tertiary/aromatic N) is 2. The van der Waals surface area contributed by atoms with Gasteiger partial charge in [0.05, 0.1) is 0 Å². The fourth-order valence-corrected chi connectivity index (χ4v) is 4.01. The molecule has 5 nitrogen and oxygen atoms in total. The number of thiophene rings is 1. The van der Waals surface area contributed by atoms with Crippen LogP contribution >= 0.6 is 11.3 Å². The number of hydrogen-bond donors (Lipinski definition) is 1. The minimum Gasteiger partial charge on any atom is -0.349 e. The molecule has 1 aromatic heterocycles. The zero-order valence-electron chi connectivity index (χ0n) is 15.8. The first-order chi connectivity index (χ1) is 13.7. The molecule has 2 aromatic rings. The number of nitrogens with one attached hydrogen (secondary N) is 1. The van der Waals surface area contributed by atoms with Gasteiger partial charge in [-0.2, -0.15) is 0 Å². The molecule has 2 amide bonds. The van der Waals surface area contributed by atoms with Crippen LogP contribution in [0.4, 0.5) is 0 Å². The molecule has 1 aliphatic heterocycles. The lowest BCUT2D eigenvalue weighted by molar-refractivity contribution is -0.127. The highest BCUT2D eigenvalue weighted by Gasteiger charge is 2.23. The minimum absolute atomic E-state index is 0.0190. The molecule has 0 atom stereocenters. The van der Waals surface area contributed by atoms with E-state index < -0.39 is 0 Å². The molecule has 1 N–H and O–H groups in total. The summed E-state index contributed by atoms with van der Waals surface area (Å²) in [6, 6.07) is 12.0. The van der Waals surface area contributed by atoms with E-state index in [0.717, 1.165) is 51.1 Å². The molecule has 4 rings (SSSR count). The minimum atomic E-state index is -0.0190. The first-order valence-corrected chi connectivity index (χ1v) is 10.7. The molecule has 1 saturated carbocycles. The van der Waals surface area contributed by atoms with Gasteiger partial charge in [0.2, 0.25) is 5.91 Å². The molecular formula is C22H25N3O2S. The summed E-state index contributed by atoms with van der Waals surface area (Å²) in [5.41, 5.74) is 1.59. The third kappa shape index (κ3) is 5.09. The third-order valence-electron chi connectivity index (χ3n) is 5.15. The molecule has 1 saturated heterocycles. The molecule has 2 heterocycles. The molecule has 1 aliphatic carbocycles. The van der Waals surface area contributed by atoms with Gasteiger partial charge >= 0.3 is 0 Å². The van der Waals surface area contributed by atoms with E-state index in [0.29, 0.717) is 11.6 Å². The average Bonchev–Trinajstić information content (AvgIpc) is 3.39. The maximum absolute atomic E-state index is 12.5. The maximum Gasteiger partial charge on any atom is 0.251 e. The van der Waals surface area contributed by atoms with Gasteiger partial charge in [-0.3, -0.25) is 14.5 Å². The molecule has 146 valence electrons. The second kappa shape index (κ2) is 8.71. The van der Waals surface area contributed by atoms with E-state index in [2.05, 4.69) is 27.7 Å². The number of amides is 2. The van der Waals surface area contributed by atoms with Crippen LogP contribution in [0, 0.1) is 0 Å². The Labute approximate surface area is 169 Å². The van der Waals surface area contributed by atoms with Crippen LogP contribution < -0.4 is 5.32 Å². The maximum atomic E-state index is 12.5. The Hall–Kier alpha value is -2.44. The molecule has 2 aliphatic rings. The lowest BCUT2D eigenvalue weighted by Gasteiger charge is -2.33. The van der Waals surface area contributed by atoms with Gasteiger partial charge in [0.1, 0.15) is 0 Å². The van der Waals surface area contributed by atoms with Gasteiger partial charge in [0, 0.05) is 55.3 Å². The third-order valence-corrected chi connectivity index (χ3v) is 6.01. The van der Waals surface area contributed by atoms with E-state index in [1.165, 1.54) is 4.88 Å². The van der Waals surface area contributed by atoms with E-state index in [-0.39, 0.29) is 11.8 Å². The monoisotopic (exact) mass is 395 g/mol. The molecular weight excluding hydrogens is 370 g/mol. The molecule has 0 unspecified atom stereocenters.